The van der Waals surface area contributed by atoms with E-state index in [-0.39, 0.29) is 11.7 Å². The van der Waals surface area contributed by atoms with Gasteiger partial charge in [0.15, 0.2) is 0 Å². The smallest absolute Gasteiger partial charge is 0.270 e. The van der Waals surface area contributed by atoms with Crippen LogP contribution < -0.4 is 5.32 Å². The minimum Gasteiger partial charge on any atom is -0.350 e. The fourth-order valence-electron chi connectivity index (χ4n) is 3.96. The van der Waals surface area contributed by atoms with Crippen molar-refractivity contribution in [2.24, 2.45) is 7.05 Å². The molecule has 0 bridgehead atoms. The monoisotopic (exact) mass is 429 g/mol. The van der Waals surface area contributed by atoms with Gasteiger partial charge in [0.2, 0.25) is 0 Å². The Morgan fingerprint density at radius 1 is 1.10 bits per heavy atom. The molecule has 0 saturated carbocycles. The Morgan fingerprint density at radius 3 is 2.84 bits per heavy atom. The van der Waals surface area contributed by atoms with Crippen LogP contribution in [0.4, 0.5) is 4.39 Å². The van der Waals surface area contributed by atoms with Gasteiger partial charge in [-0.05, 0) is 41.0 Å². The van der Waals surface area contributed by atoms with Crippen molar-refractivity contribution in [3.63, 3.8) is 0 Å². The number of hydrogen-bond donors (Lipinski definition) is 1. The van der Waals surface area contributed by atoms with E-state index in [1.165, 1.54) is 23.5 Å². The Morgan fingerprint density at radius 2 is 1.94 bits per heavy atom. The lowest BCUT2D eigenvalue weighted by Crippen LogP contribution is -2.25. The van der Waals surface area contributed by atoms with E-state index in [1.807, 2.05) is 42.1 Å². The molecule has 4 nitrogen and oxygen atoms in total. The number of nitrogens with zero attached hydrogens (tertiary/aromatic N) is 2. The van der Waals surface area contributed by atoms with Gasteiger partial charge in [-0.1, -0.05) is 42.5 Å². The summed E-state index contributed by atoms with van der Waals surface area (Å²) in [5, 5.41) is 8.86. The molecule has 0 spiro atoms. The average Bonchev–Trinajstić information content (AvgIpc) is 3.39. The fourth-order valence-corrected chi connectivity index (χ4v) is 4.79. The number of thiazole rings is 1. The molecule has 0 radical (unpaired) electrons. The van der Waals surface area contributed by atoms with Crippen LogP contribution in [0.3, 0.4) is 0 Å². The molecule has 2 heterocycles. The number of halogens is 1. The molecule has 0 fully saturated rings. The number of hydrogen-bond acceptors (Lipinski definition) is 3. The molecule has 0 aliphatic rings. The lowest BCUT2D eigenvalue weighted by molar-refractivity contribution is 0.0950. The number of fused-ring (bicyclic) bond motifs is 2. The van der Waals surface area contributed by atoms with Crippen LogP contribution in [0.15, 0.2) is 72.2 Å². The zero-order valence-electron chi connectivity index (χ0n) is 16.9. The maximum absolute atomic E-state index is 13.5. The molecule has 2 aromatic heterocycles. The Hall–Kier alpha value is -3.51. The van der Waals surface area contributed by atoms with E-state index in [0.29, 0.717) is 18.7 Å². The molecule has 0 saturated heterocycles. The lowest BCUT2D eigenvalue weighted by atomic mass is 10.1. The maximum Gasteiger partial charge on any atom is 0.270 e. The summed E-state index contributed by atoms with van der Waals surface area (Å²) < 4.78 is 15.4. The molecule has 6 heteroatoms. The zero-order chi connectivity index (χ0) is 21.4. The molecule has 0 unspecified atom stereocenters. The van der Waals surface area contributed by atoms with Crippen LogP contribution >= 0.6 is 11.3 Å². The molecule has 0 aliphatic carbocycles. The minimum absolute atomic E-state index is 0.186. The standard InChI is InChI=1S/C25H20FN3OS/c1-29-14-17(20-10-9-18(26)13-23(20)29)11-12-27-24(30)22-15-31-25(28-22)21-8-4-6-16-5-2-3-7-19(16)21/h2-10,13-15H,11-12H2,1H3,(H,27,30). The fraction of sp³-hybridized carbons (Fsp3) is 0.120. The Balaban J connectivity index is 1.30. The topological polar surface area (TPSA) is 46.9 Å². The van der Waals surface area contributed by atoms with Crippen LogP contribution in [0.25, 0.3) is 32.2 Å². The van der Waals surface area contributed by atoms with E-state index >= 15 is 0 Å². The van der Waals surface area contributed by atoms with Gasteiger partial charge in [-0.3, -0.25) is 4.79 Å². The first kappa shape index (κ1) is 19.5. The summed E-state index contributed by atoms with van der Waals surface area (Å²) in [6, 6.07) is 19.1. The lowest BCUT2D eigenvalue weighted by Gasteiger charge is -2.04. The van der Waals surface area contributed by atoms with Crippen LogP contribution in [0.1, 0.15) is 16.1 Å². The Kier molecular flexibility index (Phi) is 5.00. The third-order valence-corrected chi connectivity index (χ3v) is 6.35. The number of nitrogens with one attached hydrogen (secondary N) is 1. The van der Waals surface area contributed by atoms with Crippen molar-refractivity contribution < 1.29 is 9.18 Å². The summed E-state index contributed by atoms with van der Waals surface area (Å²) in [6.07, 6.45) is 2.65. The van der Waals surface area contributed by atoms with Crippen molar-refractivity contribution in [2.75, 3.05) is 6.54 Å². The highest BCUT2D eigenvalue weighted by Crippen LogP contribution is 2.30. The van der Waals surface area contributed by atoms with Gasteiger partial charge < -0.3 is 9.88 Å². The van der Waals surface area contributed by atoms with Gasteiger partial charge in [-0.2, -0.15) is 0 Å². The molecule has 154 valence electrons. The van der Waals surface area contributed by atoms with Crippen LogP contribution in [0, 0.1) is 5.82 Å². The summed E-state index contributed by atoms with van der Waals surface area (Å²) in [6.45, 7) is 0.483. The maximum atomic E-state index is 13.5. The Labute approximate surface area is 183 Å². The van der Waals surface area contributed by atoms with Crippen molar-refractivity contribution >= 4 is 38.9 Å². The largest absolute Gasteiger partial charge is 0.350 e. The summed E-state index contributed by atoms with van der Waals surface area (Å²) >= 11 is 1.47. The zero-order valence-corrected chi connectivity index (χ0v) is 17.7. The number of carbonyl (C=O) groups excluding carboxylic acids is 1. The number of rotatable bonds is 5. The third-order valence-electron chi connectivity index (χ3n) is 5.47. The molecule has 31 heavy (non-hydrogen) atoms. The first-order valence-electron chi connectivity index (χ1n) is 10.1. The van der Waals surface area contributed by atoms with E-state index in [1.54, 1.807) is 11.4 Å². The molecule has 5 rings (SSSR count). The van der Waals surface area contributed by atoms with Gasteiger partial charge in [-0.15, -0.1) is 11.3 Å². The molecular weight excluding hydrogens is 409 g/mol. The molecular formula is C25H20FN3OS. The summed E-state index contributed by atoms with van der Waals surface area (Å²) in [7, 11) is 1.90. The highest BCUT2D eigenvalue weighted by molar-refractivity contribution is 7.13. The highest BCUT2D eigenvalue weighted by atomic mass is 32.1. The second kappa shape index (κ2) is 7.96. The Bertz CT molecular complexity index is 1410. The number of carbonyl (C=O) groups is 1. The minimum atomic E-state index is -0.251. The van der Waals surface area contributed by atoms with Gasteiger partial charge in [0.25, 0.3) is 5.91 Å². The predicted molar refractivity (Wildman–Crippen MR) is 124 cm³/mol. The predicted octanol–water partition coefficient (Wildman–Crippen LogP) is 5.57. The molecule has 0 atom stereocenters. The van der Waals surface area contributed by atoms with Gasteiger partial charge >= 0.3 is 0 Å². The number of benzene rings is 3. The van der Waals surface area contributed by atoms with E-state index < -0.39 is 0 Å². The molecule has 0 aliphatic heterocycles. The SMILES string of the molecule is Cn1cc(CCNC(=O)c2csc(-c3cccc4ccccc34)n2)c2ccc(F)cc21. The molecule has 3 aromatic carbocycles. The normalized spacial score (nSPS) is 11.3. The summed E-state index contributed by atoms with van der Waals surface area (Å²) in [5.41, 5.74) is 3.38. The highest BCUT2D eigenvalue weighted by Gasteiger charge is 2.14. The second-order valence-electron chi connectivity index (χ2n) is 7.50. The average molecular weight is 430 g/mol. The van der Waals surface area contributed by atoms with E-state index in [9.17, 15) is 9.18 Å². The van der Waals surface area contributed by atoms with Crippen molar-refractivity contribution in [1.82, 2.24) is 14.9 Å². The van der Waals surface area contributed by atoms with Crippen LogP contribution in [0.2, 0.25) is 0 Å². The first-order valence-corrected chi connectivity index (χ1v) is 10.9. The summed E-state index contributed by atoms with van der Waals surface area (Å²) in [4.78, 5) is 17.2. The van der Waals surface area contributed by atoms with Crippen molar-refractivity contribution in [1.29, 1.82) is 0 Å². The molecule has 5 aromatic rings. The van der Waals surface area contributed by atoms with Gasteiger partial charge in [-0.25, -0.2) is 9.37 Å². The van der Waals surface area contributed by atoms with Crippen molar-refractivity contribution in [3.05, 3.63) is 89.3 Å². The van der Waals surface area contributed by atoms with E-state index in [2.05, 4.69) is 28.5 Å². The van der Waals surface area contributed by atoms with Crippen molar-refractivity contribution in [2.45, 2.75) is 6.42 Å². The summed E-state index contributed by atoms with van der Waals surface area (Å²) in [5.74, 6) is -0.437. The molecule has 1 amide bonds. The number of amides is 1. The molecule has 1 N–H and O–H groups in total. The quantitative estimate of drug-likeness (QED) is 0.397. The first-order chi connectivity index (χ1) is 15.1. The number of aromatic nitrogens is 2. The van der Waals surface area contributed by atoms with E-state index in [4.69, 9.17) is 0 Å². The van der Waals surface area contributed by atoms with Gasteiger partial charge in [0.05, 0.1) is 5.52 Å². The van der Waals surface area contributed by atoms with Gasteiger partial charge in [0.1, 0.15) is 16.5 Å². The number of aryl methyl sites for hydroxylation is 1. The van der Waals surface area contributed by atoms with Gasteiger partial charge in [0, 0.05) is 36.1 Å². The second-order valence-corrected chi connectivity index (χ2v) is 8.36. The van der Waals surface area contributed by atoms with E-state index in [0.717, 1.165) is 37.8 Å². The van der Waals surface area contributed by atoms with Crippen molar-refractivity contribution in [3.8, 4) is 10.6 Å². The van der Waals surface area contributed by atoms with Crippen LogP contribution in [-0.4, -0.2) is 22.0 Å². The van der Waals surface area contributed by atoms with Crippen LogP contribution in [-0.2, 0) is 13.5 Å². The third kappa shape index (κ3) is 3.70. The van der Waals surface area contributed by atoms with Crippen LogP contribution in [0.5, 0.6) is 0 Å².